The van der Waals surface area contributed by atoms with E-state index in [1.807, 2.05) is 30.3 Å². The van der Waals surface area contributed by atoms with Gasteiger partial charge in [-0.05, 0) is 25.3 Å². The summed E-state index contributed by atoms with van der Waals surface area (Å²) in [5.74, 6) is -1.44. The first-order chi connectivity index (χ1) is 15.4. The summed E-state index contributed by atoms with van der Waals surface area (Å²) in [6.45, 7) is 2.22. The predicted octanol–water partition coefficient (Wildman–Crippen LogP) is 2.66. The second-order valence-electron chi connectivity index (χ2n) is 7.09. The normalized spacial score (nSPS) is 15.5. The van der Waals surface area contributed by atoms with E-state index in [-0.39, 0.29) is 23.2 Å². The number of aryl methyl sites for hydroxylation is 1. The zero-order chi connectivity index (χ0) is 22.7. The van der Waals surface area contributed by atoms with Crippen LogP contribution in [0, 0.1) is 6.92 Å². The molecule has 3 amide bonds. The number of aromatic nitrogens is 3. The molecule has 1 saturated heterocycles. The van der Waals surface area contributed by atoms with Crippen LogP contribution in [0.5, 0.6) is 0 Å². The molecule has 1 aliphatic rings. The lowest BCUT2D eigenvalue weighted by molar-refractivity contribution is 0.0919. The molecule has 4 rings (SSSR count). The monoisotopic (exact) mass is 456 g/mol. The van der Waals surface area contributed by atoms with Gasteiger partial charge in [-0.2, -0.15) is 4.98 Å². The highest BCUT2D eigenvalue weighted by Crippen LogP contribution is 2.38. The number of rotatable bonds is 6. The Labute approximate surface area is 186 Å². The second kappa shape index (κ2) is 9.14. The van der Waals surface area contributed by atoms with Crippen molar-refractivity contribution >= 4 is 34.2 Å². The maximum absolute atomic E-state index is 12.7. The van der Waals surface area contributed by atoms with Gasteiger partial charge in [0.05, 0.1) is 6.04 Å². The van der Waals surface area contributed by atoms with Crippen molar-refractivity contribution in [3.05, 3.63) is 58.3 Å². The third-order valence-corrected chi connectivity index (χ3v) is 5.88. The van der Waals surface area contributed by atoms with Crippen LogP contribution < -0.4 is 11.1 Å². The minimum Gasteiger partial charge on any atom is -0.445 e. The Kier molecular flexibility index (Phi) is 6.12. The Hall–Kier alpha value is -3.80. The first-order valence-electron chi connectivity index (χ1n) is 9.82. The van der Waals surface area contributed by atoms with E-state index < -0.39 is 23.9 Å². The standard InChI is InChI=1S/C20H20N6O5S/c1-11-22-17(31-25-11)16(28)24-19-14(15(21)27)23-18(32-19)13-8-5-9-26(13)20(29)30-10-12-6-3-2-4-7-12/h2-4,6-7,13H,5,8-10H2,1H3,(H2,21,27)(H,24,28). The summed E-state index contributed by atoms with van der Waals surface area (Å²) in [4.78, 5) is 46.7. The van der Waals surface area contributed by atoms with Gasteiger partial charge in [-0.25, -0.2) is 9.78 Å². The third-order valence-electron chi connectivity index (χ3n) is 4.80. The largest absolute Gasteiger partial charge is 0.445 e. The predicted molar refractivity (Wildman–Crippen MR) is 113 cm³/mol. The van der Waals surface area contributed by atoms with E-state index >= 15 is 0 Å². The van der Waals surface area contributed by atoms with Crippen molar-refractivity contribution in [1.29, 1.82) is 0 Å². The fourth-order valence-electron chi connectivity index (χ4n) is 3.32. The molecule has 1 aromatic carbocycles. The number of amides is 3. The second-order valence-corrected chi connectivity index (χ2v) is 8.12. The molecule has 0 spiro atoms. The van der Waals surface area contributed by atoms with Crippen molar-refractivity contribution in [2.24, 2.45) is 5.73 Å². The fraction of sp³-hybridized carbons (Fsp3) is 0.300. The average Bonchev–Trinajstić information content (AvgIpc) is 3.52. The van der Waals surface area contributed by atoms with Crippen molar-refractivity contribution in [2.45, 2.75) is 32.4 Å². The lowest BCUT2D eigenvalue weighted by atomic mass is 10.2. The summed E-state index contributed by atoms with van der Waals surface area (Å²) in [6, 6.07) is 8.97. The number of nitrogens with zero attached hydrogens (tertiary/aromatic N) is 4. The van der Waals surface area contributed by atoms with Crippen LogP contribution in [-0.2, 0) is 11.3 Å². The highest BCUT2D eigenvalue weighted by atomic mass is 32.1. The number of nitrogens with two attached hydrogens (primary N) is 1. The van der Waals surface area contributed by atoms with Crippen LogP contribution in [-0.4, -0.2) is 44.5 Å². The average molecular weight is 456 g/mol. The third kappa shape index (κ3) is 4.59. The Morgan fingerprint density at radius 1 is 1.28 bits per heavy atom. The minimum absolute atomic E-state index is 0.0981. The Balaban J connectivity index is 1.50. The Morgan fingerprint density at radius 3 is 2.75 bits per heavy atom. The number of primary amides is 1. The number of carbonyl (C=O) groups excluding carboxylic acids is 3. The summed E-state index contributed by atoms with van der Waals surface area (Å²) < 4.78 is 10.3. The number of nitrogens with one attached hydrogen (secondary N) is 1. The van der Waals surface area contributed by atoms with Crippen molar-refractivity contribution in [3.63, 3.8) is 0 Å². The maximum Gasteiger partial charge on any atom is 0.410 e. The minimum atomic E-state index is -0.805. The molecule has 3 N–H and O–H groups in total. The smallest absolute Gasteiger partial charge is 0.410 e. The van der Waals surface area contributed by atoms with E-state index in [0.717, 1.165) is 23.3 Å². The maximum atomic E-state index is 12.7. The molecule has 2 aromatic heterocycles. The lowest BCUT2D eigenvalue weighted by Crippen LogP contribution is -2.31. The van der Waals surface area contributed by atoms with Gasteiger partial charge in [-0.15, -0.1) is 0 Å². The van der Waals surface area contributed by atoms with E-state index in [4.69, 9.17) is 15.0 Å². The number of hydrogen-bond donors (Lipinski definition) is 2. The number of thiazole rings is 1. The molecule has 0 bridgehead atoms. The number of hydrogen-bond acceptors (Lipinski definition) is 9. The highest BCUT2D eigenvalue weighted by molar-refractivity contribution is 7.16. The molecule has 1 atom stereocenters. The van der Waals surface area contributed by atoms with Crippen LogP contribution >= 0.6 is 11.3 Å². The molecular weight excluding hydrogens is 436 g/mol. The number of benzene rings is 1. The van der Waals surface area contributed by atoms with Crippen LogP contribution in [0.15, 0.2) is 34.9 Å². The molecule has 3 heterocycles. The summed E-state index contributed by atoms with van der Waals surface area (Å²) >= 11 is 1.07. The van der Waals surface area contributed by atoms with Gasteiger partial charge in [0, 0.05) is 6.54 Å². The number of carbonyl (C=O) groups is 3. The van der Waals surface area contributed by atoms with Crippen LogP contribution in [0.2, 0.25) is 0 Å². The van der Waals surface area contributed by atoms with Gasteiger partial charge in [0.1, 0.15) is 16.6 Å². The molecular formula is C20H20N6O5S. The van der Waals surface area contributed by atoms with E-state index in [2.05, 4.69) is 20.4 Å². The van der Waals surface area contributed by atoms with Gasteiger partial charge in [0.25, 0.3) is 5.91 Å². The number of likely N-dealkylation sites (tertiary alicyclic amines) is 1. The van der Waals surface area contributed by atoms with Gasteiger partial charge in [0.15, 0.2) is 11.5 Å². The van der Waals surface area contributed by atoms with Crippen LogP contribution in [0.25, 0.3) is 0 Å². The first-order valence-corrected chi connectivity index (χ1v) is 10.6. The van der Waals surface area contributed by atoms with Gasteiger partial charge in [0.2, 0.25) is 0 Å². The van der Waals surface area contributed by atoms with E-state index in [0.29, 0.717) is 23.8 Å². The van der Waals surface area contributed by atoms with Crippen LogP contribution in [0.1, 0.15) is 56.5 Å². The van der Waals surface area contributed by atoms with E-state index in [9.17, 15) is 14.4 Å². The zero-order valence-corrected chi connectivity index (χ0v) is 17.9. The van der Waals surface area contributed by atoms with E-state index in [1.54, 1.807) is 11.8 Å². The number of ether oxygens (including phenoxy) is 1. The van der Waals surface area contributed by atoms with Crippen molar-refractivity contribution in [1.82, 2.24) is 20.0 Å². The van der Waals surface area contributed by atoms with E-state index in [1.165, 1.54) is 0 Å². The fourth-order valence-corrected chi connectivity index (χ4v) is 4.43. The Bertz CT molecular complexity index is 1140. The molecule has 1 unspecified atom stereocenters. The molecule has 12 heteroatoms. The van der Waals surface area contributed by atoms with Crippen molar-refractivity contribution in [2.75, 3.05) is 11.9 Å². The van der Waals surface area contributed by atoms with Gasteiger partial charge >= 0.3 is 17.9 Å². The molecule has 32 heavy (non-hydrogen) atoms. The summed E-state index contributed by atoms with van der Waals surface area (Å²) in [5, 5.41) is 6.73. The quantitative estimate of drug-likeness (QED) is 0.574. The first kappa shape index (κ1) is 21.4. The molecule has 1 fully saturated rings. The Morgan fingerprint density at radius 2 is 2.06 bits per heavy atom. The van der Waals surface area contributed by atoms with Gasteiger partial charge < -0.3 is 20.3 Å². The lowest BCUT2D eigenvalue weighted by Gasteiger charge is -2.22. The number of anilines is 1. The molecule has 1 aliphatic heterocycles. The zero-order valence-electron chi connectivity index (χ0n) is 17.1. The van der Waals surface area contributed by atoms with Crippen molar-refractivity contribution < 1.29 is 23.6 Å². The molecule has 11 nitrogen and oxygen atoms in total. The molecule has 166 valence electrons. The summed E-state index contributed by atoms with van der Waals surface area (Å²) in [6.07, 6.45) is 0.918. The van der Waals surface area contributed by atoms with Gasteiger partial charge in [-0.1, -0.05) is 46.8 Å². The SMILES string of the molecule is Cc1noc(C(=O)Nc2sc(C3CCCN3C(=O)OCc3ccccc3)nc2C(N)=O)n1. The van der Waals surface area contributed by atoms with Crippen LogP contribution in [0.4, 0.5) is 9.80 Å². The van der Waals surface area contributed by atoms with Gasteiger partial charge in [-0.3, -0.25) is 14.5 Å². The summed E-state index contributed by atoms with van der Waals surface area (Å²) in [7, 11) is 0. The van der Waals surface area contributed by atoms with Crippen molar-refractivity contribution in [3.8, 4) is 0 Å². The molecule has 0 radical (unpaired) electrons. The van der Waals surface area contributed by atoms with Crippen LogP contribution in [0.3, 0.4) is 0 Å². The molecule has 0 saturated carbocycles. The summed E-state index contributed by atoms with van der Waals surface area (Å²) in [5.41, 5.74) is 6.23. The molecule has 0 aliphatic carbocycles. The highest BCUT2D eigenvalue weighted by Gasteiger charge is 2.35. The topological polar surface area (TPSA) is 154 Å². The molecule has 3 aromatic rings.